The lowest BCUT2D eigenvalue weighted by Crippen LogP contribution is -2.53. The molecule has 4 amide bonds. The van der Waals surface area contributed by atoms with Crippen LogP contribution in [0.5, 0.6) is 0 Å². The number of anilines is 1. The van der Waals surface area contributed by atoms with Crippen LogP contribution in [0.4, 0.5) is 5.69 Å². The minimum Gasteiger partial charge on any atom is -0.357 e. The summed E-state index contributed by atoms with van der Waals surface area (Å²) in [6.45, 7) is 0. The highest BCUT2D eigenvalue weighted by Crippen LogP contribution is 2.40. The quantitative estimate of drug-likeness (QED) is 0.726. The van der Waals surface area contributed by atoms with Gasteiger partial charge in [0.1, 0.15) is 6.04 Å². The van der Waals surface area contributed by atoms with E-state index >= 15 is 0 Å². The normalized spacial score (nSPS) is 23.2. The lowest BCUT2D eigenvalue weighted by Gasteiger charge is -2.33. The molecule has 1 aliphatic carbocycles. The average molecular weight is 409 g/mol. The van der Waals surface area contributed by atoms with E-state index in [0.717, 1.165) is 18.4 Å². The Bertz CT molecular complexity index is 981. The van der Waals surface area contributed by atoms with E-state index in [1.54, 1.807) is 18.2 Å². The molecule has 30 heavy (non-hydrogen) atoms. The van der Waals surface area contributed by atoms with E-state index in [1.807, 2.05) is 12.2 Å². The monoisotopic (exact) mass is 409 g/mol. The number of nitrogens with zero attached hydrogens (tertiary/aromatic N) is 1. The Labute approximate surface area is 173 Å². The molecule has 1 saturated heterocycles. The molecular weight excluding hydrogens is 386 g/mol. The summed E-state index contributed by atoms with van der Waals surface area (Å²) < 4.78 is 5.54. The molecule has 3 aliphatic rings. The molecule has 0 spiro atoms. The van der Waals surface area contributed by atoms with Crippen molar-refractivity contribution in [2.75, 3.05) is 12.4 Å². The number of piperidine rings is 1. The summed E-state index contributed by atoms with van der Waals surface area (Å²) in [6.07, 6.45) is 7.56. The predicted molar refractivity (Wildman–Crippen MR) is 108 cm³/mol. The second-order valence-corrected chi connectivity index (χ2v) is 7.55. The first-order chi connectivity index (χ1) is 14.5. The van der Waals surface area contributed by atoms with Crippen molar-refractivity contribution in [1.82, 2.24) is 10.2 Å². The molecule has 1 aromatic rings. The summed E-state index contributed by atoms with van der Waals surface area (Å²) >= 11 is 0. The number of fused-ring (bicyclic) bond motifs is 1. The standard InChI is InChI=1S/C22H23N3O5/c1-30-22-14-8-5-9-15(23-18(27)12-13-6-3-2-4-7-13)19(14)21(29)25(22)16-10-11-17(26)24-20(16)28/h2-3,5-6,8-9,16,22H,4,7,10-12H2,1H3,(H,23,27)(H,24,26,28). The van der Waals surface area contributed by atoms with E-state index in [2.05, 4.69) is 16.7 Å². The number of hydrogen-bond donors (Lipinski definition) is 2. The molecule has 1 aromatic carbocycles. The van der Waals surface area contributed by atoms with E-state index < -0.39 is 24.1 Å². The molecule has 0 radical (unpaired) electrons. The van der Waals surface area contributed by atoms with Gasteiger partial charge in [0.25, 0.3) is 5.91 Å². The highest BCUT2D eigenvalue weighted by Gasteiger charge is 2.46. The molecule has 0 bridgehead atoms. The minimum atomic E-state index is -0.810. The summed E-state index contributed by atoms with van der Waals surface area (Å²) in [5, 5.41) is 5.13. The van der Waals surface area contributed by atoms with E-state index in [0.29, 0.717) is 16.8 Å². The molecule has 2 atom stereocenters. The van der Waals surface area contributed by atoms with Crippen LogP contribution in [0.2, 0.25) is 0 Å². The van der Waals surface area contributed by atoms with Gasteiger partial charge in [-0.15, -0.1) is 0 Å². The molecule has 2 unspecified atom stereocenters. The van der Waals surface area contributed by atoms with Gasteiger partial charge in [0.2, 0.25) is 17.7 Å². The third-order valence-corrected chi connectivity index (χ3v) is 5.59. The van der Waals surface area contributed by atoms with Crippen molar-refractivity contribution in [3.05, 3.63) is 53.1 Å². The molecular formula is C22H23N3O5. The first kappa shape index (κ1) is 20.0. The number of nitrogens with one attached hydrogen (secondary N) is 2. The van der Waals surface area contributed by atoms with Crippen LogP contribution >= 0.6 is 0 Å². The number of ether oxygens (including phenoxy) is 1. The van der Waals surface area contributed by atoms with Crippen LogP contribution < -0.4 is 10.6 Å². The zero-order valence-electron chi connectivity index (χ0n) is 16.6. The first-order valence-electron chi connectivity index (χ1n) is 9.96. The van der Waals surface area contributed by atoms with Crippen LogP contribution in [0, 0.1) is 0 Å². The molecule has 1 fully saturated rings. The third-order valence-electron chi connectivity index (χ3n) is 5.59. The fourth-order valence-electron chi connectivity index (χ4n) is 4.20. The second kappa shape index (κ2) is 8.23. The lowest BCUT2D eigenvalue weighted by molar-refractivity contribution is -0.140. The predicted octanol–water partition coefficient (Wildman–Crippen LogP) is 2.20. The summed E-state index contributed by atoms with van der Waals surface area (Å²) in [6, 6.07) is 4.35. The SMILES string of the molecule is COC1c2cccc(NC(=O)CC3=CC=CCC3)c2C(=O)N1C1CCC(=O)NC1=O. The van der Waals surface area contributed by atoms with Crippen molar-refractivity contribution in [3.63, 3.8) is 0 Å². The molecule has 2 N–H and O–H groups in total. The van der Waals surface area contributed by atoms with Crippen molar-refractivity contribution < 1.29 is 23.9 Å². The maximum Gasteiger partial charge on any atom is 0.259 e. The summed E-state index contributed by atoms with van der Waals surface area (Å²) in [4.78, 5) is 51.1. The van der Waals surface area contributed by atoms with E-state index in [4.69, 9.17) is 4.74 Å². The highest BCUT2D eigenvalue weighted by atomic mass is 16.5. The van der Waals surface area contributed by atoms with Crippen molar-refractivity contribution in [2.24, 2.45) is 0 Å². The fourth-order valence-corrected chi connectivity index (χ4v) is 4.20. The van der Waals surface area contributed by atoms with Crippen molar-refractivity contribution in [3.8, 4) is 0 Å². The first-order valence-corrected chi connectivity index (χ1v) is 9.96. The molecule has 2 heterocycles. The van der Waals surface area contributed by atoms with Crippen molar-refractivity contribution >= 4 is 29.3 Å². The van der Waals surface area contributed by atoms with Gasteiger partial charge in [-0.2, -0.15) is 0 Å². The van der Waals surface area contributed by atoms with E-state index in [9.17, 15) is 19.2 Å². The van der Waals surface area contributed by atoms with E-state index in [1.165, 1.54) is 12.0 Å². The average Bonchev–Trinajstić information content (AvgIpc) is 3.01. The number of allylic oxidation sites excluding steroid dienone is 3. The molecule has 0 saturated carbocycles. The zero-order valence-corrected chi connectivity index (χ0v) is 16.6. The van der Waals surface area contributed by atoms with Gasteiger partial charge in [-0.3, -0.25) is 29.4 Å². The second-order valence-electron chi connectivity index (χ2n) is 7.55. The Kier molecular flexibility index (Phi) is 5.50. The highest BCUT2D eigenvalue weighted by molar-refractivity contribution is 6.10. The summed E-state index contributed by atoms with van der Waals surface area (Å²) in [7, 11) is 1.46. The van der Waals surface area contributed by atoms with Gasteiger partial charge in [0, 0.05) is 25.5 Å². The lowest BCUT2D eigenvalue weighted by atomic mass is 10.0. The van der Waals surface area contributed by atoms with Crippen LogP contribution in [0.25, 0.3) is 0 Å². The Hall–Kier alpha value is -3.26. The van der Waals surface area contributed by atoms with Crippen molar-refractivity contribution in [2.45, 2.75) is 44.4 Å². The molecule has 4 rings (SSSR count). The Morgan fingerprint density at radius 1 is 1.27 bits per heavy atom. The zero-order chi connectivity index (χ0) is 21.3. The number of rotatable bonds is 5. The molecule has 156 valence electrons. The van der Waals surface area contributed by atoms with Gasteiger partial charge in [-0.1, -0.05) is 35.9 Å². The Balaban J connectivity index is 1.59. The van der Waals surface area contributed by atoms with Crippen LogP contribution in [0.3, 0.4) is 0 Å². The summed E-state index contributed by atoms with van der Waals surface area (Å²) in [5.74, 6) is -1.47. The van der Waals surface area contributed by atoms with Crippen LogP contribution in [-0.2, 0) is 19.1 Å². The number of carbonyl (C=O) groups excluding carboxylic acids is 4. The maximum absolute atomic E-state index is 13.3. The smallest absolute Gasteiger partial charge is 0.259 e. The van der Waals surface area contributed by atoms with Gasteiger partial charge in [0.05, 0.1) is 11.3 Å². The largest absolute Gasteiger partial charge is 0.357 e. The Morgan fingerprint density at radius 2 is 2.10 bits per heavy atom. The van der Waals surface area contributed by atoms with Gasteiger partial charge in [0.15, 0.2) is 6.23 Å². The molecule has 8 nitrogen and oxygen atoms in total. The molecule has 8 heteroatoms. The number of methoxy groups -OCH3 is 1. The van der Waals surface area contributed by atoms with Gasteiger partial charge >= 0.3 is 0 Å². The number of imide groups is 1. The Morgan fingerprint density at radius 3 is 2.80 bits per heavy atom. The molecule has 2 aliphatic heterocycles. The van der Waals surface area contributed by atoms with Gasteiger partial charge < -0.3 is 10.1 Å². The fraction of sp³-hybridized carbons (Fsp3) is 0.364. The number of amides is 4. The van der Waals surface area contributed by atoms with Crippen molar-refractivity contribution in [1.29, 1.82) is 0 Å². The van der Waals surface area contributed by atoms with Crippen LogP contribution in [0.15, 0.2) is 42.0 Å². The number of hydrogen-bond acceptors (Lipinski definition) is 5. The topological polar surface area (TPSA) is 105 Å². The molecule has 0 aromatic heterocycles. The number of benzene rings is 1. The van der Waals surface area contributed by atoms with E-state index in [-0.39, 0.29) is 31.1 Å². The van der Waals surface area contributed by atoms with Crippen LogP contribution in [-0.4, -0.2) is 41.7 Å². The van der Waals surface area contributed by atoms with Gasteiger partial charge in [-0.05, 0) is 25.3 Å². The third kappa shape index (κ3) is 3.66. The van der Waals surface area contributed by atoms with Crippen LogP contribution in [0.1, 0.15) is 54.3 Å². The van der Waals surface area contributed by atoms with Gasteiger partial charge in [-0.25, -0.2) is 0 Å². The summed E-state index contributed by atoms with van der Waals surface area (Å²) in [5.41, 5.74) is 2.34. The maximum atomic E-state index is 13.3. The number of carbonyl (C=O) groups is 4. The minimum absolute atomic E-state index is 0.153.